The monoisotopic (exact) mass is 315 g/mol. The normalized spacial score (nSPS) is 11.8. The van der Waals surface area contributed by atoms with E-state index in [9.17, 15) is 0 Å². The van der Waals surface area contributed by atoms with E-state index in [1.165, 1.54) is 21.3 Å². The molecule has 0 radical (unpaired) electrons. The van der Waals surface area contributed by atoms with Crippen LogP contribution in [0.5, 0.6) is 0 Å². The fourth-order valence-corrected chi connectivity index (χ4v) is 1.15. The van der Waals surface area contributed by atoms with Gasteiger partial charge < -0.3 is 0 Å². The van der Waals surface area contributed by atoms with E-state index < -0.39 is 5.97 Å². The molecular weight excluding hydrogens is 303 g/mol. The van der Waals surface area contributed by atoms with Crippen molar-refractivity contribution in [1.82, 2.24) is 0 Å². The molecule has 0 aromatic heterocycles. The molecule has 0 spiro atoms. The van der Waals surface area contributed by atoms with E-state index >= 15 is 0 Å². The topological polar surface area (TPSA) is 36.9 Å². The Morgan fingerprint density at radius 2 is 1.50 bits per heavy atom. The van der Waals surface area contributed by atoms with Crippen molar-refractivity contribution in [2.75, 3.05) is 27.9 Å². The van der Waals surface area contributed by atoms with Gasteiger partial charge in [0, 0.05) is 0 Å². The molecule has 0 fully saturated rings. The van der Waals surface area contributed by atoms with Crippen LogP contribution in [0.2, 0.25) is 0 Å². The molecule has 5 heteroatoms. The Kier molecular flexibility index (Phi) is 5.75. The number of methoxy groups -OCH3 is 3. The molecule has 59 valence electrons. The van der Waals surface area contributed by atoms with Gasteiger partial charge in [-0.25, -0.2) is 0 Å². The van der Waals surface area contributed by atoms with Crippen molar-refractivity contribution >= 4 is 0 Å². The van der Waals surface area contributed by atoms with Crippen LogP contribution in [0.3, 0.4) is 0 Å². The number of hydrogen-bond acceptors (Lipinski definition) is 4. The molecule has 0 rings (SSSR count). The van der Waals surface area contributed by atoms with Crippen molar-refractivity contribution in [2.24, 2.45) is 0 Å². The van der Waals surface area contributed by atoms with E-state index in [1.54, 1.807) is 0 Å². The molecule has 0 amide bonds. The van der Waals surface area contributed by atoms with Crippen LogP contribution in [0.15, 0.2) is 0 Å². The summed E-state index contributed by atoms with van der Waals surface area (Å²) < 4.78 is 19.7. The van der Waals surface area contributed by atoms with Crippen molar-refractivity contribution in [3.8, 4) is 0 Å². The molecule has 0 aliphatic heterocycles. The van der Waals surface area contributed by atoms with Gasteiger partial charge in [-0.05, 0) is 0 Å². The number of ether oxygens (including phenoxy) is 3. The van der Waals surface area contributed by atoms with Crippen LogP contribution in [0.1, 0.15) is 0 Å². The fourth-order valence-electron chi connectivity index (χ4n) is 0.515. The summed E-state index contributed by atoms with van der Waals surface area (Å²) in [5, 5.41) is 0. The Hall–Kier alpha value is 0.710. The number of rotatable bonds is 5. The predicted molar refractivity (Wildman–Crippen MR) is 29.7 cm³/mol. The van der Waals surface area contributed by atoms with Crippen LogP contribution in [0.25, 0.3) is 0 Å². The molecule has 0 atom stereocenters. The molecule has 0 aromatic carbocycles. The third kappa shape index (κ3) is 2.75. The van der Waals surface area contributed by atoms with Crippen molar-refractivity contribution in [3.05, 3.63) is 0 Å². The van der Waals surface area contributed by atoms with E-state index in [-0.39, 0.29) is 0 Å². The van der Waals surface area contributed by atoms with Crippen LogP contribution in [0, 0.1) is 0 Å². The average molecular weight is 314 g/mol. The van der Waals surface area contributed by atoms with Gasteiger partial charge in [0.2, 0.25) is 0 Å². The average Bonchev–Trinajstić information content (AvgIpc) is 2.01. The molecule has 0 saturated heterocycles. The molecular formula is C5H11HfO4. The zero-order valence-corrected chi connectivity index (χ0v) is 9.93. The van der Waals surface area contributed by atoms with E-state index in [0.717, 1.165) is 0 Å². The third-order valence-electron chi connectivity index (χ3n) is 1.18. The first kappa shape index (κ1) is 10.7. The second kappa shape index (κ2) is 5.37. The summed E-state index contributed by atoms with van der Waals surface area (Å²) in [6.45, 7) is 0.308. The quantitative estimate of drug-likeness (QED) is 0.531. The van der Waals surface area contributed by atoms with Gasteiger partial charge in [0.1, 0.15) is 0 Å². The zero-order valence-electron chi connectivity index (χ0n) is 6.34. The molecule has 0 heterocycles. The van der Waals surface area contributed by atoms with Crippen molar-refractivity contribution in [3.63, 3.8) is 0 Å². The maximum absolute atomic E-state index is 4.94. The van der Waals surface area contributed by atoms with Crippen LogP contribution < -0.4 is 0 Å². The summed E-state index contributed by atoms with van der Waals surface area (Å²) in [6, 6.07) is 0. The molecule has 0 aliphatic rings. The number of hydrogen-bond donors (Lipinski definition) is 0. The van der Waals surface area contributed by atoms with E-state index in [4.69, 9.17) is 17.1 Å². The van der Waals surface area contributed by atoms with Gasteiger partial charge in [0.25, 0.3) is 0 Å². The van der Waals surface area contributed by atoms with Crippen LogP contribution in [0.4, 0.5) is 0 Å². The Morgan fingerprint density at radius 1 is 1.10 bits per heavy atom. The van der Waals surface area contributed by atoms with Crippen LogP contribution >= 0.6 is 0 Å². The minimum atomic E-state index is -1.01. The first-order chi connectivity index (χ1) is 4.74. The molecule has 0 aliphatic carbocycles. The molecule has 10 heavy (non-hydrogen) atoms. The van der Waals surface area contributed by atoms with E-state index in [2.05, 4.69) is 0 Å². The van der Waals surface area contributed by atoms with Crippen LogP contribution in [-0.2, 0) is 41.9 Å². The van der Waals surface area contributed by atoms with Crippen molar-refractivity contribution < 1.29 is 41.9 Å². The van der Waals surface area contributed by atoms with Crippen LogP contribution in [-0.4, -0.2) is 33.9 Å². The van der Waals surface area contributed by atoms with E-state index in [0.29, 0.717) is 31.4 Å². The SMILES string of the molecule is COC(C[O][Hf])(OC)OC. The molecule has 0 bridgehead atoms. The Morgan fingerprint density at radius 3 is 1.60 bits per heavy atom. The Bertz CT molecular complexity index is 75.5. The van der Waals surface area contributed by atoms with Gasteiger partial charge in [-0.3, -0.25) is 0 Å². The maximum atomic E-state index is 4.94. The summed E-state index contributed by atoms with van der Waals surface area (Å²) in [6.07, 6.45) is 0. The van der Waals surface area contributed by atoms with Gasteiger partial charge in [-0.2, -0.15) is 0 Å². The third-order valence-corrected chi connectivity index (χ3v) is 1.70. The minimum absolute atomic E-state index is 0.308. The summed E-state index contributed by atoms with van der Waals surface area (Å²) in [7, 11) is 4.52. The summed E-state index contributed by atoms with van der Waals surface area (Å²) in [4.78, 5) is 0. The van der Waals surface area contributed by atoms with Gasteiger partial charge in [0.15, 0.2) is 0 Å². The summed E-state index contributed by atoms with van der Waals surface area (Å²) in [5.74, 6) is -1.01. The predicted octanol–water partition coefficient (Wildman–Crippen LogP) is 0.0578. The summed E-state index contributed by atoms with van der Waals surface area (Å²) in [5.41, 5.74) is 0. The van der Waals surface area contributed by atoms with Gasteiger partial charge >= 0.3 is 75.8 Å². The van der Waals surface area contributed by atoms with E-state index in [1.807, 2.05) is 0 Å². The first-order valence-corrected chi connectivity index (χ1v) is 4.15. The Balaban J connectivity index is 3.87. The zero-order chi connectivity index (χ0) is 8.04. The van der Waals surface area contributed by atoms with Gasteiger partial charge in [-0.15, -0.1) is 0 Å². The standard InChI is InChI=1S/C5H11O4.Hf/c1-7-5(4-6,8-2)9-3;/h4H2,1-3H3;/q-1;+1. The van der Waals surface area contributed by atoms with Gasteiger partial charge in [-0.1, -0.05) is 0 Å². The second-order valence-electron chi connectivity index (χ2n) is 1.58. The van der Waals surface area contributed by atoms with Crippen molar-refractivity contribution in [2.45, 2.75) is 5.97 Å². The molecule has 0 saturated carbocycles. The molecule has 0 aromatic rings. The van der Waals surface area contributed by atoms with Gasteiger partial charge in [0.05, 0.1) is 0 Å². The fraction of sp³-hybridized carbons (Fsp3) is 1.00. The molecule has 0 N–H and O–H groups in total. The summed E-state index contributed by atoms with van der Waals surface area (Å²) >= 11 is 0.644. The second-order valence-corrected chi connectivity index (χ2v) is 2.62. The first-order valence-electron chi connectivity index (χ1n) is 2.68. The molecule has 0 unspecified atom stereocenters. The Labute approximate surface area is 76.0 Å². The van der Waals surface area contributed by atoms with Crippen molar-refractivity contribution in [1.29, 1.82) is 0 Å². The molecule has 4 nitrogen and oxygen atoms in total.